The number of likely N-dealkylation sites (N-methyl/N-ethyl adjacent to an activating group) is 1. The van der Waals surface area contributed by atoms with Crippen molar-refractivity contribution < 1.29 is 31.2 Å². The number of quaternary nitrogens is 1. The Morgan fingerprint density at radius 1 is 1.39 bits per heavy atom. The third-order valence-corrected chi connectivity index (χ3v) is 3.15. The summed E-state index contributed by atoms with van der Waals surface area (Å²) in [5.41, 5.74) is 0. The van der Waals surface area contributed by atoms with Crippen LogP contribution >= 0.6 is 0 Å². The molecule has 0 radical (unpaired) electrons. The summed E-state index contributed by atoms with van der Waals surface area (Å²) < 4.78 is 11.3. The van der Waals surface area contributed by atoms with Crippen LogP contribution in [0.3, 0.4) is 0 Å². The van der Waals surface area contributed by atoms with Crippen molar-refractivity contribution in [2.45, 2.75) is 6.29 Å². The average molecular weight is 279 g/mol. The fourth-order valence-corrected chi connectivity index (χ4v) is 1.92. The molecule has 18 heavy (non-hydrogen) atoms. The van der Waals surface area contributed by atoms with Crippen molar-refractivity contribution in [2.75, 3.05) is 47.6 Å². The van der Waals surface area contributed by atoms with Gasteiger partial charge in [0.2, 0.25) is 0 Å². The fraction of sp³-hybridized carbons (Fsp3) is 0.800. The van der Waals surface area contributed by atoms with Crippen LogP contribution in [0.5, 0.6) is 0 Å². The van der Waals surface area contributed by atoms with Crippen LogP contribution < -0.4 is 12.4 Å². The van der Waals surface area contributed by atoms with Crippen LogP contribution in [0, 0.1) is 0 Å². The first-order chi connectivity index (χ1) is 8.19. The molecular formula is C10H19ClN4O3. The molecule has 7 nitrogen and oxygen atoms in total. The second kappa shape index (κ2) is 6.33. The first-order valence-corrected chi connectivity index (χ1v) is 5.60. The summed E-state index contributed by atoms with van der Waals surface area (Å²) in [7, 11) is 5.25. The van der Waals surface area contributed by atoms with E-state index in [0.29, 0.717) is 6.02 Å². The normalized spacial score (nSPS) is 26.3. The van der Waals surface area contributed by atoms with Gasteiger partial charge in [-0.1, -0.05) is 0 Å². The van der Waals surface area contributed by atoms with Gasteiger partial charge >= 0.3 is 6.02 Å². The van der Waals surface area contributed by atoms with Gasteiger partial charge in [-0.2, -0.15) is 15.0 Å². The van der Waals surface area contributed by atoms with E-state index in [0.717, 1.165) is 30.8 Å². The SMILES string of the molecule is COC1=NC([N+]2(C)CCOCC2)N=CN1OC.[Cl-]. The van der Waals surface area contributed by atoms with Crippen LogP contribution in [0.1, 0.15) is 0 Å². The van der Waals surface area contributed by atoms with Gasteiger partial charge in [-0.3, -0.25) is 9.32 Å². The molecule has 0 bridgehead atoms. The number of morpholine rings is 1. The van der Waals surface area contributed by atoms with Gasteiger partial charge < -0.3 is 21.9 Å². The van der Waals surface area contributed by atoms with E-state index in [4.69, 9.17) is 14.3 Å². The number of hydrogen-bond donors (Lipinski definition) is 0. The zero-order chi connectivity index (χ0) is 12.3. The van der Waals surface area contributed by atoms with Gasteiger partial charge in [0, 0.05) is 0 Å². The van der Waals surface area contributed by atoms with Crippen LogP contribution in [0.2, 0.25) is 0 Å². The average Bonchev–Trinajstić information content (AvgIpc) is 2.38. The predicted molar refractivity (Wildman–Crippen MR) is 62.3 cm³/mol. The first-order valence-electron chi connectivity index (χ1n) is 5.60. The van der Waals surface area contributed by atoms with E-state index in [9.17, 15) is 0 Å². The van der Waals surface area contributed by atoms with Crippen molar-refractivity contribution in [2.24, 2.45) is 9.98 Å². The topological polar surface area (TPSA) is 55.7 Å². The minimum atomic E-state index is -0.180. The van der Waals surface area contributed by atoms with E-state index in [-0.39, 0.29) is 18.7 Å². The Balaban J connectivity index is 0.00000162. The molecule has 0 aromatic rings. The van der Waals surface area contributed by atoms with Crippen molar-refractivity contribution in [1.82, 2.24) is 5.06 Å². The third kappa shape index (κ3) is 2.92. The van der Waals surface area contributed by atoms with Gasteiger partial charge in [0.05, 0.1) is 34.5 Å². The highest BCUT2D eigenvalue weighted by molar-refractivity contribution is 5.85. The van der Waals surface area contributed by atoms with Gasteiger partial charge in [0.15, 0.2) is 0 Å². The number of methoxy groups -OCH3 is 1. The molecule has 0 spiro atoms. The Kier molecular flexibility index (Phi) is 5.33. The molecule has 2 aliphatic heterocycles. The lowest BCUT2D eigenvalue weighted by molar-refractivity contribution is -0.939. The molecular weight excluding hydrogens is 260 g/mol. The first kappa shape index (κ1) is 15.2. The summed E-state index contributed by atoms with van der Waals surface area (Å²) in [6, 6.07) is 0.429. The van der Waals surface area contributed by atoms with Crippen molar-refractivity contribution in [3.63, 3.8) is 0 Å². The summed E-state index contributed by atoms with van der Waals surface area (Å²) in [6.45, 7) is 3.29. The van der Waals surface area contributed by atoms with Gasteiger partial charge in [-0.05, 0) is 0 Å². The monoisotopic (exact) mass is 278 g/mol. The number of hydroxylamine groups is 2. The van der Waals surface area contributed by atoms with E-state index >= 15 is 0 Å². The predicted octanol–water partition coefficient (Wildman–Crippen LogP) is -3.34. The van der Waals surface area contributed by atoms with E-state index in [2.05, 4.69) is 17.0 Å². The lowest BCUT2D eigenvalue weighted by Crippen LogP contribution is -3.00. The molecule has 1 atom stereocenters. The quantitative estimate of drug-likeness (QED) is 0.496. The Labute approximate surface area is 113 Å². The van der Waals surface area contributed by atoms with Crippen LogP contribution in [0.25, 0.3) is 0 Å². The highest BCUT2D eigenvalue weighted by Crippen LogP contribution is 2.19. The molecule has 8 heteroatoms. The van der Waals surface area contributed by atoms with Gasteiger partial charge in [0.1, 0.15) is 19.4 Å². The van der Waals surface area contributed by atoms with E-state index in [1.807, 2.05) is 0 Å². The Morgan fingerprint density at radius 2 is 2.06 bits per heavy atom. The fourth-order valence-electron chi connectivity index (χ4n) is 1.92. The molecule has 0 aromatic carbocycles. The number of amidine groups is 1. The largest absolute Gasteiger partial charge is 1.00 e. The van der Waals surface area contributed by atoms with Crippen LogP contribution in [0.15, 0.2) is 9.98 Å². The minimum Gasteiger partial charge on any atom is -1.00 e. The number of aliphatic imine (C=N–C) groups is 2. The maximum atomic E-state index is 5.37. The minimum absolute atomic E-state index is 0. The number of nitrogens with zero attached hydrogens (tertiary/aromatic N) is 4. The number of rotatable bonds is 2. The third-order valence-electron chi connectivity index (χ3n) is 3.15. The second-order valence-electron chi connectivity index (χ2n) is 4.27. The molecule has 0 saturated carbocycles. The molecule has 1 unspecified atom stereocenters. The Hall–Kier alpha value is -0.890. The summed E-state index contributed by atoms with van der Waals surface area (Å²) in [5, 5.41) is 1.41. The highest BCUT2D eigenvalue weighted by Gasteiger charge is 2.37. The molecule has 104 valence electrons. The van der Waals surface area contributed by atoms with Crippen LogP contribution in [0.4, 0.5) is 0 Å². The standard InChI is InChI=1S/C10H19N4O3.ClH/c1-14(4-6-17-7-5-14)9-11-8-13(16-3)10(12-9)15-2;/h8-9H,4-7H2,1-3H3;1H/q+1;/p-1. The zero-order valence-electron chi connectivity index (χ0n) is 10.9. The Bertz CT molecular complexity index is 331. The lowest BCUT2D eigenvalue weighted by Gasteiger charge is -2.40. The summed E-state index contributed by atoms with van der Waals surface area (Å²) in [5.74, 6) is 0. The van der Waals surface area contributed by atoms with Crippen LogP contribution in [-0.2, 0) is 14.3 Å². The molecule has 2 aliphatic rings. The smallest absolute Gasteiger partial charge is 0.324 e. The van der Waals surface area contributed by atoms with E-state index < -0.39 is 0 Å². The molecule has 0 amide bonds. The van der Waals surface area contributed by atoms with E-state index in [1.54, 1.807) is 20.6 Å². The van der Waals surface area contributed by atoms with Crippen molar-refractivity contribution in [3.05, 3.63) is 0 Å². The Morgan fingerprint density at radius 3 is 2.61 bits per heavy atom. The molecule has 0 aromatic heterocycles. The summed E-state index contributed by atoms with van der Waals surface area (Å²) in [4.78, 5) is 13.9. The highest BCUT2D eigenvalue weighted by atomic mass is 35.5. The van der Waals surface area contributed by atoms with Gasteiger partial charge in [-0.25, -0.2) is 0 Å². The molecule has 0 N–H and O–H groups in total. The zero-order valence-corrected chi connectivity index (χ0v) is 11.6. The van der Waals surface area contributed by atoms with Gasteiger partial charge in [0.25, 0.3) is 6.29 Å². The summed E-state index contributed by atoms with van der Waals surface area (Å²) >= 11 is 0. The summed E-state index contributed by atoms with van der Waals surface area (Å²) in [6.07, 6.45) is 1.43. The number of ether oxygens (including phenoxy) is 2. The molecule has 1 saturated heterocycles. The number of hydrogen-bond acceptors (Lipinski definition) is 6. The maximum absolute atomic E-state index is 5.37. The van der Waals surface area contributed by atoms with E-state index in [1.165, 1.54) is 5.06 Å². The maximum Gasteiger partial charge on any atom is 0.324 e. The van der Waals surface area contributed by atoms with Crippen molar-refractivity contribution >= 4 is 12.4 Å². The lowest BCUT2D eigenvalue weighted by atomic mass is 10.3. The van der Waals surface area contributed by atoms with Crippen molar-refractivity contribution in [3.8, 4) is 0 Å². The molecule has 2 rings (SSSR count). The molecule has 2 heterocycles. The molecule has 0 aliphatic carbocycles. The van der Waals surface area contributed by atoms with Crippen LogP contribution in [-0.4, -0.2) is 75.8 Å². The second-order valence-corrected chi connectivity index (χ2v) is 4.27. The molecule has 1 fully saturated rings. The van der Waals surface area contributed by atoms with Crippen molar-refractivity contribution in [1.29, 1.82) is 0 Å². The van der Waals surface area contributed by atoms with Gasteiger partial charge in [-0.15, -0.1) is 0 Å². The number of halogens is 1.